The number of nitrogens with zero attached hydrogens (tertiary/aromatic N) is 3. The maximum atomic E-state index is 14.2. The van der Waals surface area contributed by atoms with E-state index in [9.17, 15) is 13.6 Å². The number of thiazole rings is 1. The summed E-state index contributed by atoms with van der Waals surface area (Å²) in [5.74, 6) is -0.992. The van der Waals surface area contributed by atoms with Gasteiger partial charge in [-0.15, -0.1) is 11.3 Å². The monoisotopic (exact) mass is 422 g/mol. The summed E-state index contributed by atoms with van der Waals surface area (Å²) in [5, 5.41) is 0.741. The van der Waals surface area contributed by atoms with E-state index in [1.807, 2.05) is 25.1 Å². The number of amides is 1. The molecule has 0 radical (unpaired) electrons. The van der Waals surface area contributed by atoms with E-state index in [1.54, 1.807) is 11.1 Å². The molecule has 5 rings (SSSR count). The second kappa shape index (κ2) is 7.14. The van der Waals surface area contributed by atoms with Gasteiger partial charge in [-0.25, -0.2) is 13.8 Å². The lowest BCUT2D eigenvalue weighted by molar-refractivity contribution is 0.0980. The number of aromatic nitrogens is 3. The molecule has 1 amide bonds. The Hall–Kier alpha value is -3.39. The number of aryl methyl sites for hydroxylation is 1. The van der Waals surface area contributed by atoms with Crippen LogP contribution in [0.4, 0.5) is 14.6 Å². The van der Waals surface area contributed by atoms with Gasteiger partial charge < -0.3 is 4.98 Å². The molecular weight excluding hydrogens is 406 g/mol. The van der Waals surface area contributed by atoms with Crippen molar-refractivity contribution in [3.63, 3.8) is 0 Å². The zero-order valence-electron chi connectivity index (χ0n) is 15.9. The first-order chi connectivity index (χ1) is 14.5. The number of pyridine rings is 1. The number of rotatable bonds is 3. The Morgan fingerprint density at radius 2 is 1.93 bits per heavy atom. The molecule has 0 aliphatic carbocycles. The normalized spacial score (nSPS) is 13.6. The van der Waals surface area contributed by atoms with Crippen molar-refractivity contribution in [1.29, 1.82) is 0 Å². The van der Waals surface area contributed by atoms with E-state index >= 15 is 0 Å². The number of hydrogen-bond acceptors (Lipinski definition) is 4. The highest BCUT2D eigenvalue weighted by atomic mass is 32.1. The van der Waals surface area contributed by atoms with E-state index in [4.69, 9.17) is 0 Å². The molecule has 1 aromatic carbocycles. The lowest BCUT2D eigenvalue weighted by atomic mass is 10.1. The number of hydrogen-bond donors (Lipinski definition) is 1. The van der Waals surface area contributed by atoms with E-state index in [2.05, 4.69) is 15.0 Å². The summed E-state index contributed by atoms with van der Waals surface area (Å²) < 4.78 is 28.4. The van der Waals surface area contributed by atoms with Gasteiger partial charge in [0.05, 0.1) is 22.5 Å². The third-order valence-electron chi connectivity index (χ3n) is 5.10. The second-order valence-electron chi connectivity index (χ2n) is 6.99. The van der Waals surface area contributed by atoms with Crippen molar-refractivity contribution in [2.45, 2.75) is 13.3 Å². The highest BCUT2D eigenvalue weighted by Gasteiger charge is 2.31. The third-order valence-corrected chi connectivity index (χ3v) is 6.09. The van der Waals surface area contributed by atoms with Gasteiger partial charge in [0.2, 0.25) is 0 Å². The van der Waals surface area contributed by atoms with Gasteiger partial charge in [-0.2, -0.15) is 0 Å². The fourth-order valence-corrected chi connectivity index (χ4v) is 4.58. The summed E-state index contributed by atoms with van der Waals surface area (Å²) in [5.41, 5.74) is 1.93. The van der Waals surface area contributed by atoms with Crippen LogP contribution in [-0.4, -0.2) is 27.4 Å². The van der Waals surface area contributed by atoms with Crippen LogP contribution in [0.3, 0.4) is 0 Å². The highest BCUT2D eigenvalue weighted by Crippen LogP contribution is 2.35. The predicted octanol–water partition coefficient (Wildman–Crippen LogP) is 4.99. The highest BCUT2D eigenvalue weighted by molar-refractivity contribution is 7.15. The standard InChI is InChI=1S/C22H16F2N4OS/c1-12-20(27-21(30-12)17-7-2-3-9-25-17)28-10-8-16-13(22(28)29)11-18(26-16)19-14(23)5-4-6-15(19)24/h2-7,9,11,26H,8,10H2,1H3. The average molecular weight is 422 g/mol. The smallest absolute Gasteiger partial charge is 0.261 e. The molecule has 4 heterocycles. The number of nitrogens with one attached hydrogen (secondary N) is 1. The van der Waals surface area contributed by atoms with Gasteiger partial charge in [-0.05, 0) is 37.3 Å². The summed E-state index contributed by atoms with van der Waals surface area (Å²) in [6.45, 7) is 2.34. The molecule has 3 aromatic heterocycles. The van der Waals surface area contributed by atoms with Crippen molar-refractivity contribution >= 4 is 23.1 Å². The average Bonchev–Trinajstić information content (AvgIpc) is 3.33. The maximum absolute atomic E-state index is 14.2. The van der Waals surface area contributed by atoms with Crippen molar-refractivity contribution in [2.24, 2.45) is 0 Å². The van der Waals surface area contributed by atoms with Crippen LogP contribution >= 0.6 is 11.3 Å². The summed E-state index contributed by atoms with van der Waals surface area (Å²) in [6.07, 6.45) is 2.24. The molecule has 0 unspecified atom stereocenters. The SMILES string of the molecule is Cc1sc(-c2ccccn2)nc1N1CCc2[nH]c(-c3c(F)cccc3F)cc2C1=O. The lowest BCUT2D eigenvalue weighted by Crippen LogP contribution is -2.37. The molecule has 150 valence electrons. The number of fused-ring (bicyclic) bond motifs is 1. The quantitative estimate of drug-likeness (QED) is 0.506. The van der Waals surface area contributed by atoms with Crippen molar-refractivity contribution in [1.82, 2.24) is 15.0 Å². The third kappa shape index (κ3) is 3.00. The van der Waals surface area contributed by atoms with E-state index < -0.39 is 11.6 Å². The number of aromatic amines is 1. The molecule has 8 heteroatoms. The van der Waals surface area contributed by atoms with Gasteiger partial charge in [-0.1, -0.05) is 12.1 Å². The van der Waals surface area contributed by atoms with E-state index in [-0.39, 0.29) is 17.2 Å². The Kier molecular flexibility index (Phi) is 4.43. The summed E-state index contributed by atoms with van der Waals surface area (Å²) in [7, 11) is 0. The number of carbonyl (C=O) groups is 1. The number of benzene rings is 1. The predicted molar refractivity (Wildman–Crippen MR) is 112 cm³/mol. The van der Waals surface area contributed by atoms with Gasteiger partial charge in [0.1, 0.15) is 22.5 Å². The number of halogens is 2. The topological polar surface area (TPSA) is 61.9 Å². The lowest BCUT2D eigenvalue weighted by Gasteiger charge is -2.25. The molecule has 30 heavy (non-hydrogen) atoms. The van der Waals surface area contributed by atoms with Crippen molar-refractivity contribution < 1.29 is 13.6 Å². The first-order valence-corrected chi connectivity index (χ1v) is 10.2. The van der Waals surface area contributed by atoms with Crippen molar-refractivity contribution in [3.05, 3.63) is 76.4 Å². The zero-order chi connectivity index (χ0) is 20.8. The summed E-state index contributed by atoms with van der Waals surface area (Å²) in [4.78, 5) is 27.7. The van der Waals surface area contributed by atoms with Gasteiger partial charge in [0.25, 0.3) is 5.91 Å². The van der Waals surface area contributed by atoms with Crippen LogP contribution in [0.5, 0.6) is 0 Å². The number of anilines is 1. The minimum Gasteiger partial charge on any atom is -0.358 e. The molecule has 0 saturated carbocycles. The summed E-state index contributed by atoms with van der Waals surface area (Å²) >= 11 is 1.48. The van der Waals surface area contributed by atoms with E-state index in [1.165, 1.54) is 35.6 Å². The number of H-pyrrole nitrogens is 1. The molecule has 1 N–H and O–H groups in total. The molecule has 0 fully saturated rings. The Morgan fingerprint density at radius 1 is 1.13 bits per heavy atom. The minimum atomic E-state index is -0.673. The van der Waals surface area contributed by atoms with Crippen LogP contribution in [0.15, 0.2) is 48.7 Å². The van der Waals surface area contributed by atoms with Crippen LogP contribution in [0.1, 0.15) is 20.9 Å². The van der Waals surface area contributed by atoms with Gasteiger partial charge in [-0.3, -0.25) is 14.7 Å². The molecule has 1 aliphatic rings. The van der Waals surface area contributed by atoms with Crippen molar-refractivity contribution in [3.8, 4) is 22.0 Å². The fraction of sp³-hybridized carbons (Fsp3) is 0.136. The molecule has 1 aliphatic heterocycles. The van der Waals surface area contributed by atoms with E-state index in [0.717, 1.165) is 15.6 Å². The molecule has 4 aromatic rings. The molecule has 0 bridgehead atoms. The molecule has 5 nitrogen and oxygen atoms in total. The second-order valence-corrected chi connectivity index (χ2v) is 8.20. The first kappa shape index (κ1) is 18.6. The van der Waals surface area contributed by atoms with Gasteiger partial charge in [0, 0.05) is 29.7 Å². The first-order valence-electron chi connectivity index (χ1n) is 9.40. The molecular formula is C22H16F2N4OS. The van der Waals surface area contributed by atoms with Crippen LogP contribution in [0, 0.1) is 18.6 Å². The van der Waals surface area contributed by atoms with E-state index in [0.29, 0.717) is 30.0 Å². The van der Waals surface area contributed by atoms with Crippen LogP contribution in [0.2, 0.25) is 0 Å². The summed E-state index contributed by atoms with van der Waals surface area (Å²) in [6, 6.07) is 10.8. The number of carbonyl (C=O) groups excluding carboxylic acids is 1. The minimum absolute atomic E-state index is 0.159. The van der Waals surface area contributed by atoms with Gasteiger partial charge >= 0.3 is 0 Å². The largest absolute Gasteiger partial charge is 0.358 e. The molecule has 0 spiro atoms. The molecule has 0 saturated heterocycles. The Bertz CT molecular complexity index is 1250. The van der Waals surface area contributed by atoms with Gasteiger partial charge in [0.15, 0.2) is 0 Å². The Labute approximate surface area is 175 Å². The van der Waals surface area contributed by atoms with Crippen LogP contribution in [0.25, 0.3) is 22.0 Å². The molecule has 0 atom stereocenters. The maximum Gasteiger partial charge on any atom is 0.261 e. The van der Waals surface area contributed by atoms with Crippen LogP contribution in [-0.2, 0) is 6.42 Å². The van der Waals surface area contributed by atoms with Crippen molar-refractivity contribution in [2.75, 3.05) is 11.4 Å². The zero-order valence-corrected chi connectivity index (χ0v) is 16.8. The van der Waals surface area contributed by atoms with Crippen LogP contribution < -0.4 is 4.90 Å². The Morgan fingerprint density at radius 3 is 2.67 bits per heavy atom. The fourth-order valence-electron chi connectivity index (χ4n) is 3.69. The Balaban J connectivity index is 1.51.